The van der Waals surface area contributed by atoms with Gasteiger partial charge in [0.25, 0.3) is 11.1 Å². The Morgan fingerprint density at radius 2 is 1.92 bits per heavy atom. The van der Waals surface area contributed by atoms with E-state index in [1.165, 1.54) is 25.3 Å². The van der Waals surface area contributed by atoms with Crippen molar-refractivity contribution in [3.05, 3.63) is 28.7 Å². The van der Waals surface area contributed by atoms with E-state index < -0.39 is 36.2 Å². The second kappa shape index (κ2) is 7.71. The van der Waals surface area contributed by atoms with Gasteiger partial charge in [-0.2, -0.15) is 0 Å². The van der Waals surface area contributed by atoms with E-state index in [0.29, 0.717) is 28.0 Å². The van der Waals surface area contributed by atoms with Gasteiger partial charge in [-0.15, -0.1) is 0 Å². The van der Waals surface area contributed by atoms with Gasteiger partial charge in [0.1, 0.15) is 6.54 Å². The Kier molecular flexibility index (Phi) is 5.65. The van der Waals surface area contributed by atoms with Crippen LogP contribution in [0.25, 0.3) is 6.08 Å². The molecule has 0 aliphatic carbocycles. The molecule has 0 unspecified atom stereocenters. The van der Waals surface area contributed by atoms with Crippen LogP contribution in [0, 0.1) is 0 Å². The van der Waals surface area contributed by atoms with Crippen molar-refractivity contribution in [3.63, 3.8) is 0 Å². The number of amides is 2. The number of hydrogen-bond donors (Lipinski definition) is 2. The van der Waals surface area contributed by atoms with E-state index in [1.54, 1.807) is 6.07 Å². The Labute approximate surface area is 145 Å². The fourth-order valence-corrected chi connectivity index (χ4v) is 2.80. The standard InChI is InChI=1S/C15H13NO8S/c1-23-9-3-2-8(4-10(9)24-7-13(19)20)5-11-14(21)16(6-12(17)18)15(22)25-11/h2-5H,6-7H2,1H3,(H,17,18)(H,19,20). The largest absolute Gasteiger partial charge is 0.493 e. The fraction of sp³-hybridized carbons (Fsp3) is 0.200. The lowest BCUT2D eigenvalue weighted by atomic mass is 10.2. The van der Waals surface area contributed by atoms with Gasteiger partial charge in [-0.05, 0) is 35.5 Å². The molecule has 1 aromatic carbocycles. The Bertz CT molecular complexity index is 773. The highest BCUT2D eigenvalue weighted by Gasteiger charge is 2.36. The molecular weight excluding hydrogens is 354 g/mol. The van der Waals surface area contributed by atoms with Gasteiger partial charge in [0.05, 0.1) is 12.0 Å². The highest BCUT2D eigenvalue weighted by molar-refractivity contribution is 8.18. The average molecular weight is 367 g/mol. The van der Waals surface area contributed by atoms with E-state index in [2.05, 4.69) is 0 Å². The number of rotatable bonds is 7. The number of methoxy groups -OCH3 is 1. The van der Waals surface area contributed by atoms with Crippen LogP contribution in [0.1, 0.15) is 5.56 Å². The van der Waals surface area contributed by atoms with Crippen LogP contribution in [0.15, 0.2) is 23.1 Å². The highest BCUT2D eigenvalue weighted by atomic mass is 32.2. The first-order valence-electron chi connectivity index (χ1n) is 6.81. The summed E-state index contributed by atoms with van der Waals surface area (Å²) in [5.41, 5.74) is 0.460. The molecule has 10 heteroatoms. The molecule has 0 aromatic heterocycles. The summed E-state index contributed by atoms with van der Waals surface area (Å²) in [5.74, 6) is -2.71. The monoisotopic (exact) mass is 367 g/mol. The third-order valence-corrected chi connectivity index (χ3v) is 3.91. The van der Waals surface area contributed by atoms with Crippen LogP contribution in [0.2, 0.25) is 0 Å². The Hall–Kier alpha value is -3.01. The molecule has 1 saturated heterocycles. The minimum atomic E-state index is -1.29. The minimum Gasteiger partial charge on any atom is -0.493 e. The number of carboxylic acids is 2. The van der Waals surface area contributed by atoms with Gasteiger partial charge in [-0.25, -0.2) is 4.79 Å². The molecular formula is C15H13NO8S. The molecule has 0 atom stereocenters. The van der Waals surface area contributed by atoms with Crippen molar-refractivity contribution in [2.45, 2.75) is 0 Å². The van der Waals surface area contributed by atoms with Gasteiger partial charge in [0.15, 0.2) is 18.1 Å². The van der Waals surface area contributed by atoms with Crippen LogP contribution in [-0.4, -0.2) is 58.5 Å². The van der Waals surface area contributed by atoms with E-state index in [9.17, 15) is 19.2 Å². The first-order valence-corrected chi connectivity index (χ1v) is 7.63. The molecule has 9 nitrogen and oxygen atoms in total. The molecule has 2 N–H and O–H groups in total. The van der Waals surface area contributed by atoms with Crippen molar-refractivity contribution in [2.75, 3.05) is 20.3 Å². The van der Waals surface area contributed by atoms with Gasteiger partial charge in [-0.1, -0.05) is 6.07 Å². The summed E-state index contributed by atoms with van der Waals surface area (Å²) in [7, 11) is 1.39. The zero-order valence-corrected chi connectivity index (χ0v) is 13.7. The summed E-state index contributed by atoms with van der Waals surface area (Å²) in [6.07, 6.45) is 1.39. The first-order chi connectivity index (χ1) is 11.8. The third-order valence-electron chi connectivity index (χ3n) is 3.00. The summed E-state index contributed by atoms with van der Waals surface area (Å²) < 4.78 is 10.2. The lowest BCUT2D eigenvalue weighted by molar-refractivity contribution is -0.140. The normalized spacial score (nSPS) is 15.6. The van der Waals surface area contributed by atoms with Gasteiger partial charge in [-0.3, -0.25) is 19.3 Å². The molecule has 2 rings (SSSR count). The SMILES string of the molecule is COc1ccc(C=C2SC(=O)N(CC(=O)O)C2=O)cc1OCC(=O)O. The predicted octanol–water partition coefficient (Wildman–Crippen LogP) is 1.28. The molecule has 1 fully saturated rings. The highest BCUT2D eigenvalue weighted by Crippen LogP contribution is 2.34. The summed E-state index contributed by atoms with van der Waals surface area (Å²) in [4.78, 5) is 45.8. The number of aliphatic carboxylic acids is 2. The molecule has 2 amide bonds. The van der Waals surface area contributed by atoms with Crippen LogP contribution in [0.3, 0.4) is 0 Å². The van der Waals surface area contributed by atoms with Gasteiger partial charge in [0, 0.05) is 0 Å². The first kappa shape index (κ1) is 18.3. The molecule has 0 spiro atoms. The van der Waals surface area contributed by atoms with Crippen LogP contribution >= 0.6 is 11.8 Å². The summed E-state index contributed by atoms with van der Waals surface area (Å²) >= 11 is 0.622. The topological polar surface area (TPSA) is 130 Å². The molecule has 1 heterocycles. The van der Waals surface area contributed by atoms with E-state index >= 15 is 0 Å². The zero-order valence-electron chi connectivity index (χ0n) is 12.9. The zero-order chi connectivity index (χ0) is 18.6. The summed E-state index contributed by atoms with van der Waals surface area (Å²) in [6, 6.07) is 4.55. The van der Waals surface area contributed by atoms with Crippen LogP contribution in [0.4, 0.5) is 4.79 Å². The lowest BCUT2D eigenvalue weighted by Crippen LogP contribution is -2.33. The van der Waals surface area contributed by atoms with Crippen molar-refractivity contribution >= 4 is 40.9 Å². The summed E-state index contributed by atoms with van der Waals surface area (Å²) in [6.45, 7) is -1.29. The molecule has 0 bridgehead atoms. The van der Waals surface area contributed by atoms with Crippen LogP contribution in [-0.2, 0) is 14.4 Å². The average Bonchev–Trinajstić information content (AvgIpc) is 2.80. The molecule has 1 aliphatic heterocycles. The van der Waals surface area contributed by atoms with Gasteiger partial charge < -0.3 is 19.7 Å². The number of benzene rings is 1. The number of carbonyl (C=O) groups is 4. The number of carbonyl (C=O) groups excluding carboxylic acids is 2. The second-order valence-corrected chi connectivity index (χ2v) is 5.75. The molecule has 1 aliphatic rings. The Morgan fingerprint density at radius 1 is 1.20 bits per heavy atom. The third kappa shape index (κ3) is 4.51. The number of hydrogen-bond acceptors (Lipinski definition) is 7. The molecule has 1 aromatic rings. The Balaban J connectivity index is 2.27. The van der Waals surface area contributed by atoms with Crippen molar-refractivity contribution in [3.8, 4) is 11.5 Å². The maximum atomic E-state index is 12.1. The number of carboxylic acid groups (broad SMARTS) is 2. The van der Waals surface area contributed by atoms with E-state index in [4.69, 9.17) is 19.7 Å². The van der Waals surface area contributed by atoms with E-state index in [0.717, 1.165) is 0 Å². The molecule has 0 saturated carbocycles. The fourth-order valence-electron chi connectivity index (χ4n) is 1.96. The van der Waals surface area contributed by atoms with Gasteiger partial charge in [0.2, 0.25) is 0 Å². The van der Waals surface area contributed by atoms with Crippen molar-refractivity contribution < 1.29 is 38.9 Å². The van der Waals surface area contributed by atoms with Crippen molar-refractivity contribution in [1.82, 2.24) is 4.90 Å². The lowest BCUT2D eigenvalue weighted by Gasteiger charge is -2.10. The summed E-state index contributed by atoms with van der Waals surface area (Å²) in [5, 5.41) is 16.7. The predicted molar refractivity (Wildman–Crippen MR) is 86.4 cm³/mol. The van der Waals surface area contributed by atoms with E-state index in [-0.39, 0.29) is 10.7 Å². The number of imide groups is 1. The maximum absolute atomic E-state index is 12.1. The number of ether oxygens (including phenoxy) is 2. The van der Waals surface area contributed by atoms with Crippen LogP contribution < -0.4 is 9.47 Å². The molecule has 25 heavy (non-hydrogen) atoms. The number of nitrogens with zero attached hydrogens (tertiary/aromatic N) is 1. The minimum absolute atomic E-state index is 0.0561. The maximum Gasteiger partial charge on any atom is 0.341 e. The van der Waals surface area contributed by atoms with Crippen molar-refractivity contribution in [2.24, 2.45) is 0 Å². The molecule has 0 radical (unpaired) electrons. The second-order valence-electron chi connectivity index (χ2n) is 4.75. The quantitative estimate of drug-likeness (QED) is 0.684. The van der Waals surface area contributed by atoms with E-state index in [1.807, 2.05) is 0 Å². The van der Waals surface area contributed by atoms with Crippen LogP contribution in [0.5, 0.6) is 11.5 Å². The van der Waals surface area contributed by atoms with Gasteiger partial charge >= 0.3 is 11.9 Å². The number of thioether (sulfide) groups is 1. The Morgan fingerprint density at radius 3 is 2.52 bits per heavy atom. The smallest absolute Gasteiger partial charge is 0.341 e. The molecule has 132 valence electrons. The van der Waals surface area contributed by atoms with Crippen molar-refractivity contribution in [1.29, 1.82) is 0 Å².